The standard InChI is InChI=1S/C27H26N4O2/c1-2-30-24-14-8-9-15-25(24)31(27(30)33)18-26(32)29-16-21(19-10-4-3-5-11-19)22-17-28-23-13-7-6-12-20(22)23/h3-15,17,21,28H,2,16,18H2,1H3,(H,29,32). The van der Waals surface area contributed by atoms with E-state index in [1.807, 2.05) is 67.7 Å². The van der Waals surface area contributed by atoms with Gasteiger partial charge in [-0.15, -0.1) is 0 Å². The highest BCUT2D eigenvalue weighted by Gasteiger charge is 2.20. The molecule has 1 amide bonds. The van der Waals surface area contributed by atoms with Gasteiger partial charge in [0.05, 0.1) is 11.0 Å². The lowest BCUT2D eigenvalue weighted by Crippen LogP contribution is -2.35. The maximum atomic E-state index is 13.0. The predicted octanol–water partition coefficient (Wildman–Crippen LogP) is 4.25. The molecule has 5 rings (SSSR count). The van der Waals surface area contributed by atoms with Crippen molar-refractivity contribution in [1.82, 2.24) is 19.4 Å². The summed E-state index contributed by atoms with van der Waals surface area (Å²) in [4.78, 5) is 29.2. The number of amides is 1. The molecule has 0 radical (unpaired) electrons. The van der Waals surface area contributed by atoms with Crippen LogP contribution in [0.5, 0.6) is 0 Å². The number of imidazole rings is 1. The molecule has 166 valence electrons. The van der Waals surface area contributed by atoms with Crippen molar-refractivity contribution in [2.75, 3.05) is 6.54 Å². The largest absolute Gasteiger partial charge is 0.361 e. The zero-order chi connectivity index (χ0) is 22.8. The number of hydrogen-bond donors (Lipinski definition) is 2. The van der Waals surface area contributed by atoms with Crippen molar-refractivity contribution < 1.29 is 4.79 Å². The fourth-order valence-corrected chi connectivity index (χ4v) is 4.62. The minimum atomic E-state index is -0.183. The van der Waals surface area contributed by atoms with Crippen LogP contribution in [0.2, 0.25) is 0 Å². The Morgan fingerprint density at radius 1 is 0.909 bits per heavy atom. The van der Waals surface area contributed by atoms with Crippen molar-refractivity contribution in [3.8, 4) is 0 Å². The fourth-order valence-electron chi connectivity index (χ4n) is 4.62. The summed E-state index contributed by atoms with van der Waals surface area (Å²) in [5, 5.41) is 4.22. The molecule has 0 saturated heterocycles. The smallest absolute Gasteiger partial charge is 0.329 e. The van der Waals surface area contributed by atoms with E-state index in [1.54, 1.807) is 9.13 Å². The van der Waals surface area contributed by atoms with Crippen LogP contribution in [-0.2, 0) is 17.9 Å². The number of H-pyrrole nitrogens is 1. The number of hydrogen-bond acceptors (Lipinski definition) is 2. The van der Waals surface area contributed by atoms with Crippen molar-refractivity contribution in [3.05, 3.63) is 107 Å². The highest BCUT2D eigenvalue weighted by Crippen LogP contribution is 2.30. The van der Waals surface area contributed by atoms with Gasteiger partial charge in [-0.25, -0.2) is 4.79 Å². The number of carbonyl (C=O) groups excluding carboxylic acids is 1. The van der Waals surface area contributed by atoms with E-state index < -0.39 is 0 Å². The lowest BCUT2D eigenvalue weighted by atomic mass is 9.91. The third kappa shape index (κ3) is 3.84. The first-order valence-electron chi connectivity index (χ1n) is 11.2. The zero-order valence-corrected chi connectivity index (χ0v) is 18.5. The van der Waals surface area contributed by atoms with Crippen molar-refractivity contribution in [1.29, 1.82) is 0 Å². The molecule has 0 bridgehead atoms. The maximum Gasteiger partial charge on any atom is 0.329 e. The van der Waals surface area contributed by atoms with Gasteiger partial charge >= 0.3 is 5.69 Å². The molecule has 2 aromatic heterocycles. The average Bonchev–Trinajstić information content (AvgIpc) is 3.39. The molecule has 0 spiro atoms. The van der Waals surface area contributed by atoms with Gasteiger partial charge in [0.1, 0.15) is 6.54 Å². The highest BCUT2D eigenvalue weighted by atomic mass is 16.2. The zero-order valence-electron chi connectivity index (χ0n) is 18.5. The molecule has 33 heavy (non-hydrogen) atoms. The van der Waals surface area contributed by atoms with E-state index >= 15 is 0 Å². The Hall–Kier alpha value is -4.06. The van der Waals surface area contributed by atoms with Gasteiger partial charge in [0, 0.05) is 36.1 Å². The van der Waals surface area contributed by atoms with Crippen LogP contribution in [0, 0.1) is 0 Å². The molecule has 6 nitrogen and oxygen atoms in total. The quantitative estimate of drug-likeness (QED) is 0.399. The van der Waals surface area contributed by atoms with Crippen molar-refractivity contribution in [3.63, 3.8) is 0 Å². The van der Waals surface area contributed by atoms with Crippen molar-refractivity contribution >= 4 is 27.8 Å². The van der Waals surface area contributed by atoms with Gasteiger partial charge < -0.3 is 10.3 Å². The van der Waals surface area contributed by atoms with E-state index in [9.17, 15) is 9.59 Å². The SMILES string of the molecule is CCn1c(=O)n(CC(=O)NCC(c2ccccc2)c2c[nH]c3ccccc23)c2ccccc21. The molecule has 3 aromatic carbocycles. The van der Waals surface area contributed by atoms with Gasteiger partial charge in [-0.2, -0.15) is 0 Å². The first kappa shape index (κ1) is 20.8. The summed E-state index contributed by atoms with van der Waals surface area (Å²) in [5.74, 6) is -0.197. The molecule has 0 aliphatic carbocycles. The van der Waals surface area contributed by atoms with Crippen molar-refractivity contribution in [2.24, 2.45) is 0 Å². The van der Waals surface area contributed by atoms with Gasteiger partial charge in [0.2, 0.25) is 5.91 Å². The number of aromatic amines is 1. The molecule has 6 heteroatoms. The number of para-hydroxylation sites is 3. The van der Waals surface area contributed by atoms with Crippen LogP contribution in [0.25, 0.3) is 21.9 Å². The average molecular weight is 439 g/mol. The van der Waals surface area contributed by atoms with E-state index in [1.165, 1.54) is 0 Å². The Balaban J connectivity index is 1.42. The molecule has 2 heterocycles. The molecule has 0 aliphatic heterocycles. The van der Waals surface area contributed by atoms with Gasteiger partial charge in [-0.05, 0) is 36.2 Å². The number of aromatic nitrogens is 3. The van der Waals surface area contributed by atoms with Gasteiger partial charge in [-0.3, -0.25) is 13.9 Å². The second-order valence-electron chi connectivity index (χ2n) is 8.16. The number of carbonyl (C=O) groups is 1. The summed E-state index contributed by atoms with van der Waals surface area (Å²) in [6.45, 7) is 2.92. The Morgan fingerprint density at radius 2 is 1.58 bits per heavy atom. The fraction of sp³-hybridized carbons (Fsp3) is 0.185. The first-order valence-corrected chi connectivity index (χ1v) is 11.2. The van der Waals surface area contributed by atoms with E-state index in [0.717, 1.165) is 33.1 Å². The summed E-state index contributed by atoms with van der Waals surface area (Å²) in [6, 6.07) is 25.9. The summed E-state index contributed by atoms with van der Waals surface area (Å²) >= 11 is 0. The summed E-state index contributed by atoms with van der Waals surface area (Å²) in [7, 11) is 0. The summed E-state index contributed by atoms with van der Waals surface area (Å²) in [5.41, 5.74) is 4.79. The van der Waals surface area contributed by atoms with Crippen LogP contribution in [0.3, 0.4) is 0 Å². The number of nitrogens with one attached hydrogen (secondary N) is 2. The molecule has 1 atom stereocenters. The van der Waals surface area contributed by atoms with Crippen LogP contribution in [0.4, 0.5) is 0 Å². The second kappa shape index (κ2) is 8.82. The Kier molecular flexibility index (Phi) is 5.57. The number of fused-ring (bicyclic) bond motifs is 2. The minimum Gasteiger partial charge on any atom is -0.361 e. The first-order chi connectivity index (χ1) is 16.2. The summed E-state index contributed by atoms with van der Waals surface area (Å²) in [6.07, 6.45) is 2.02. The number of aryl methyl sites for hydroxylation is 1. The number of nitrogens with zero attached hydrogens (tertiary/aromatic N) is 2. The Labute approximate surface area is 191 Å². The van der Waals surface area contributed by atoms with E-state index in [0.29, 0.717) is 13.1 Å². The molecule has 0 saturated carbocycles. The minimum absolute atomic E-state index is 0.0122. The maximum absolute atomic E-state index is 13.0. The molecular weight excluding hydrogens is 412 g/mol. The highest BCUT2D eigenvalue weighted by molar-refractivity contribution is 5.85. The Bertz CT molecular complexity index is 1480. The number of benzene rings is 3. The van der Waals surface area contributed by atoms with Crippen LogP contribution < -0.4 is 11.0 Å². The van der Waals surface area contributed by atoms with Crippen molar-refractivity contribution in [2.45, 2.75) is 25.9 Å². The number of rotatable bonds is 7. The lowest BCUT2D eigenvalue weighted by Gasteiger charge is -2.18. The molecule has 1 unspecified atom stereocenters. The van der Waals surface area contributed by atoms with Gasteiger partial charge in [0.15, 0.2) is 0 Å². The predicted molar refractivity (Wildman–Crippen MR) is 131 cm³/mol. The molecule has 0 fully saturated rings. The van der Waals surface area contributed by atoms with Crippen LogP contribution in [0.1, 0.15) is 24.0 Å². The summed E-state index contributed by atoms with van der Waals surface area (Å²) < 4.78 is 3.25. The third-order valence-corrected chi connectivity index (χ3v) is 6.25. The molecular formula is C27H26N4O2. The monoisotopic (exact) mass is 438 g/mol. The molecule has 5 aromatic rings. The molecule has 0 aliphatic rings. The van der Waals surface area contributed by atoms with E-state index in [2.05, 4.69) is 34.6 Å². The van der Waals surface area contributed by atoms with Crippen LogP contribution in [0.15, 0.2) is 89.9 Å². The third-order valence-electron chi connectivity index (χ3n) is 6.25. The van der Waals surface area contributed by atoms with E-state index in [-0.39, 0.29) is 24.1 Å². The Morgan fingerprint density at radius 3 is 2.33 bits per heavy atom. The molecule has 2 N–H and O–H groups in total. The lowest BCUT2D eigenvalue weighted by molar-refractivity contribution is -0.121. The van der Waals surface area contributed by atoms with Crippen LogP contribution in [-0.4, -0.2) is 26.6 Å². The normalized spacial score (nSPS) is 12.3. The van der Waals surface area contributed by atoms with Crippen LogP contribution >= 0.6 is 0 Å². The second-order valence-corrected chi connectivity index (χ2v) is 8.16. The van der Waals surface area contributed by atoms with E-state index in [4.69, 9.17) is 0 Å². The van der Waals surface area contributed by atoms with Gasteiger partial charge in [0.25, 0.3) is 0 Å². The van der Waals surface area contributed by atoms with Gasteiger partial charge in [-0.1, -0.05) is 60.7 Å². The topological polar surface area (TPSA) is 71.8 Å².